The highest BCUT2D eigenvalue weighted by molar-refractivity contribution is 7.16. The molecule has 1 aromatic carbocycles. The van der Waals surface area contributed by atoms with Gasteiger partial charge in [0.2, 0.25) is 0 Å². The molecule has 0 fully saturated rings. The molecule has 0 spiro atoms. The molecule has 2 atom stereocenters. The standard InChI is InChI=1S/C17H19N3OS/c1-10-3-5-11(6-4-10)15-18-16(21)14-12-7-8-20(2)9-13(12)22-17(14)19-15/h3-6,15,19H,7-9H2,1-2H3,(H,18,21)/p+1/t15-/m1/s1. The number of anilines is 1. The zero-order valence-electron chi connectivity index (χ0n) is 12.8. The Kier molecular flexibility index (Phi) is 3.20. The van der Waals surface area contributed by atoms with Gasteiger partial charge in [-0.25, -0.2) is 0 Å². The smallest absolute Gasteiger partial charge is 0.256 e. The Morgan fingerprint density at radius 2 is 2.00 bits per heavy atom. The number of carbonyl (C=O) groups excluding carboxylic acids is 1. The van der Waals surface area contributed by atoms with E-state index >= 15 is 0 Å². The van der Waals surface area contributed by atoms with Gasteiger partial charge in [0, 0.05) is 6.42 Å². The SMILES string of the molecule is Cc1ccc([C@@H]2NC(=O)c3c(sc4c3CC[NH+](C)C4)N2)cc1. The number of quaternary nitrogens is 1. The number of likely N-dealkylation sites (N-methyl/N-ethyl adjacent to an activating group) is 1. The first-order chi connectivity index (χ1) is 10.6. The fourth-order valence-corrected chi connectivity index (χ4v) is 4.65. The van der Waals surface area contributed by atoms with E-state index in [-0.39, 0.29) is 12.1 Å². The lowest BCUT2D eigenvalue weighted by atomic mass is 10.0. The molecule has 2 aromatic rings. The second kappa shape index (κ2) is 5.11. The summed E-state index contributed by atoms with van der Waals surface area (Å²) < 4.78 is 0. The van der Waals surface area contributed by atoms with Crippen LogP contribution in [-0.2, 0) is 13.0 Å². The summed E-state index contributed by atoms with van der Waals surface area (Å²) in [6.45, 7) is 4.20. The van der Waals surface area contributed by atoms with E-state index in [1.54, 1.807) is 11.3 Å². The molecule has 0 saturated carbocycles. The molecule has 1 amide bonds. The van der Waals surface area contributed by atoms with Crippen LogP contribution in [0.4, 0.5) is 5.00 Å². The largest absolute Gasteiger partial charge is 0.353 e. The zero-order valence-corrected chi connectivity index (χ0v) is 13.6. The van der Waals surface area contributed by atoms with E-state index in [0.29, 0.717) is 0 Å². The molecule has 0 bridgehead atoms. The van der Waals surface area contributed by atoms with Crippen LogP contribution in [-0.4, -0.2) is 19.5 Å². The van der Waals surface area contributed by atoms with Crippen LogP contribution in [0.3, 0.4) is 0 Å². The third-order valence-electron chi connectivity index (χ3n) is 4.54. The predicted molar refractivity (Wildman–Crippen MR) is 88.5 cm³/mol. The lowest BCUT2D eigenvalue weighted by Crippen LogP contribution is -3.08. The summed E-state index contributed by atoms with van der Waals surface area (Å²) in [4.78, 5) is 15.5. The van der Waals surface area contributed by atoms with E-state index < -0.39 is 0 Å². The van der Waals surface area contributed by atoms with Gasteiger partial charge in [0.1, 0.15) is 17.7 Å². The second-order valence-corrected chi connectivity index (χ2v) is 7.41. The molecule has 2 aliphatic heterocycles. The molecule has 3 heterocycles. The van der Waals surface area contributed by atoms with Gasteiger partial charge in [0.25, 0.3) is 5.91 Å². The van der Waals surface area contributed by atoms with E-state index in [1.807, 2.05) is 0 Å². The summed E-state index contributed by atoms with van der Waals surface area (Å²) in [6.07, 6.45) is 0.864. The molecular formula is C17H20N3OS+. The van der Waals surface area contributed by atoms with Crippen molar-refractivity contribution >= 4 is 22.2 Å². The monoisotopic (exact) mass is 314 g/mol. The van der Waals surface area contributed by atoms with Crippen molar-refractivity contribution in [3.63, 3.8) is 0 Å². The van der Waals surface area contributed by atoms with Gasteiger partial charge in [-0.2, -0.15) is 0 Å². The highest BCUT2D eigenvalue weighted by Gasteiger charge is 2.33. The Hall–Kier alpha value is -1.85. The second-order valence-electron chi connectivity index (χ2n) is 6.30. The number of benzene rings is 1. The van der Waals surface area contributed by atoms with Gasteiger partial charge in [-0.3, -0.25) is 4.79 Å². The number of carbonyl (C=O) groups is 1. The van der Waals surface area contributed by atoms with Crippen LogP contribution in [0.15, 0.2) is 24.3 Å². The fraction of sp³-hybridized carbons (Fsp3) is 0.353. The molecule has 3 N–H and O–H groups in total. The number of amides is 1. The summed E-state index contributed by atoms with van der Waals surface area (Å²) in [7, 11) is 2.21. The van der Waals surface area contributed by atoms with Crippen LogP contribution in [0.25, 0.3) is 0 Å². The summed E-state index contributed by atoms with van der Waals surface area (Å²) >= 11 is 1.75. The first-order valence-electron chi connectivity index (χ1n) is 7.71. The average Bonchev–Trinajstić information content (AvgIpc) is 2.85. The fourth-order valence-electron chi connectivity index (χ4n) is 3.26. The molecule has 5 heteroatoms. The topological polar surface area (TPSA) is 45.6 Å². The highest BCUT2D eigenvalue weighted by Crippen LogP contribution is 2.38. The average molecular weight is 314 g/mol. The first kappa shape index (κ1) is 13.8. The molecule has 4 rings (SSSR count). The van der Waals surface area contributed by atoms with Gasteiger partial charge in [0.15, 0.2) is 0 Å². The Labute approximate surface area is 134 Å². The number of nitrogens with one attached hydrogen (secondary N) is 3. The maximum Gasteiger partial charge on any atom is 0.256 e. The van der Waals surface area contributed by atoms with Crippen LogP contribution in [0.2, 0.25) is 0 Å². The van der Waals surface area contributed by atoms with Crippen molar-refractivity contribution in [2.75, 3.05) is 18.9 Å². The van der Waals surface area contributed by atoms with Crippen molar-refractivity contribution in [2.45, 2.75) is 26.1 Å². The maximum atomic E-state index is 12.6. The van der Waals surface area contributed by atoms with Gasteiger partial charge in [0.05, 0.1) is 24.0 Å². The Morgan fingerprint density at radius 3 is 2.77 bits per heavy atom. The van der Waals surface area contributed by atoms with Gasteiger partial charge in [-0.15, -0.1) is 11.3 Å². The van der Waals surface area contributed by atoms with Gasteiger partial charge < -0.3 is 15.5 Å². The Balaban J connectivity index is 1.69. The third-order valence-corrected chi connectivity index (χ3v) is 5.71. The summed E-state index contributed by atoms with van der Waals surface area (Å²) in [5, 5.41) is 7.65. The first-order valence-corrected chi connectivity index (χ1v) is 8.53. The lowest BCUT2D eigenvalue weighted by Gasteiger charge is -2.27. The highest BCUT2D eigenvalue weighted by atomic mass is 32.1. The van der Waals surface area contributed by atoms with Crippen LogP contribution in [0.1, 0.15) is 38.1 Å². The minimum atomic E-state index is -0.134. The number of fused-ring (bicyclic) bond motifs is 3. The molecule has 4 nitrogen and oxygen atoms in total. The molecule has 0 radical (unpaired) electrons. The van der Waals surface area contributed by atoms with Gasteiger partial charge >= 0.3 is 0 Å². The van der Waals surface area contributed by atoms with E-state index in [1.165, 1.54) is 20.9 Å². The van der Waals surface area contributed by atoms with Crippen molar-refractivity contribution in [1.82, 2.24) is 5.32 Å². The molecular weight excluding hydrogens is 294 g/mol. The number of hydrogen-bond donors (Lipinski definition) is 3. The maximum absolute atomic E-state index is 12.6. The normalized spacial score (nSPS) is 23.3. The summed E-state index contributed by atoms with van der Waals surface area (Å²) in [6, 6.07) is 8.31. The van der Waals surface area contributed by atoms with Crippen LogP contribution in [0.5, 0.6) is 0 Å². The lowest BCUT2D eigenvalue weighted by molar-refractivity contribution is -0.895. The van der Waals surface area contributed by atoms with Crippen molar-refractivity contribution in [3.05, 3.63) is 51.4 Å². The molecule has 2 aliphatic rings. The van der Waals surface area contributed by atoms with Crippen molar-refractivity contribution in [2.24, 2.45) is 0 Å². The number of hydrogen-bond acceptors (Lipinski definition) is 3. The van der Waals surface area contributed by atoms with E-state index in [4.69, 9.17) is 0 Å². The molecule has 1 aromatic heterocycles. The van der Waals surface area contributed by atoms with Gasteiger partial charge in [-0.1, -0.05) is 29.8 Å². The molecule has 1 unspecified atom stereocenters. The molecule has 114 valence electrons. The number of aryl methyl sites for hydroxylation is 1. The van der Waals surface area contributed by atoms with E-state index in [2.05, 4.69) is 48.9 Å². The van der Waals surface area contributed by atoms with Crippen LogP contribution < -0.4 is 15.5 Å². The minimum Gasteiger partial charge on any atom is -0.353 e. The zero-order chi connectivity index (χ0) is 15.3. The Morgan fingerprint density at radius 1 is 1.23 bits per heavy atom. The van der Waals surface area contributed by atoms with Gasteiger partial charge in [-0.05, 0) is 18.1 Å². The molecule has 0 aliphatic carbocycles. The minimum absolute atomic E-state index is 0.0661. The molecule has 22 heavy (non-hydrogen) atoms. The van der Waals surface area contributed by atoms with Crippen LogP contribution in [0, 0.1) is 6.92 Å². The predicted octanol–water partition coefficient (Wildman–Crippen LogP) is 1.48. The third kappa shape index (κ3) is 2.21. The van der Waals surface area contributed by atoms with E-state index in [9.17, 15) is 4.79 Å². The number of thiophene rings is 1. The van der Waals surface area contributed by atoms with Crippen molar-refractivity contribution in [1.29, 1.82) is 0 Å². The number of rotatable bonds is 1. The Bertz CT molecular complexity index is 735. The summed E-state index contributed by atoms with van der Waals surface area (Å²) in [5.41, 5.74) is 4.47. The quantitative estimate of drug-likeness (QED) is 0.747. The van der Waals surface area contributed by atoms with E-state index in [0.717, 1.165) is 35.6 Å². The van der Waals surface area contributed by atoms with Crippen LogP contribution >= 0.6 is 11.3 Å². The van der Waals surface area contributed by atoms with Crippen molar-refractivity contribution < 1.29 is 9.69 Å². The molecule has 0 saturated heterocycles. The van der Waals surface area contributed by atoms with Crippen molar-refractivity contribution in [3.8, 4) is 0 Å². The summed E-state index contributed by atoms with van der Waals surface area (Å²) in [5.74, 6) is 0.0661.